The third-order valence-electron chi connectivity index (χ3n) is 3.30. The van der Waals surface area contributed by atoms with Crippen molar-refractivity contribution in [2.24, 2.45) is 10.9 Å². The smallest absolute Gasteiger partial charge is 0.295 e. The summed E-state index contributed by atoms with van der Waals surface area (Å²) >= 11 is 7.57. The maximum atomic E-state index is 12.6. The average molecular weight is 382 g/mol. The lowest BCUT2D eigenvalue weighted by molar-refractivity contribution is -0.131. The molecular formula is C17H20ClN3O3S. The van der Waals surface area contributed by atoms with Gasteiger partial charge in [0.15, 0.2) is 5.92 Å². The van der Waals surface area contributed by atoms with Crippen LogP contribution >= 0.6 is 23.4 Å². The fourth-order valence-corrected chi connectivity index (χ4v) is 3.08. The Kier molecular flexibility index (Phi) is 6.24. The summed E-state index contributed by atoms with van der Waals surface area (Å²) in [7, 11) is 0. The standard InChI is InChI=1S/C17H20ClN3O3S/c1-17(2,3)25-9-8-19-10-13-14(22)20-16(24)21(15(13)23)12-6-4-11(18)5-7-12/h4-7,10,13H,8-9H2,1-3H3,(H,20,22,24). The molecule has 1 N–H and O–H groups in total. The van der Waals surface area contributed by atoms with Gasteiger partial charge in [0, 0.05) is 28.3 Å². The number of amides is 4. The lowest BCUT2D eigenvalue weighted by atomic mass is 10.1. The van der Waals surface area contributed by atoms with Gasteiger partial charge in [0.1, 0.15) is 0 Å². The van der Waals surface area contributed by atoms with Crippen molar-refractivity contribution >= 4 is 53.1 Å². The van der Waals surface area contributed by atoms with Gasteiger partial charge in [-0.1, -0.05) is 32.4 Å². The van der Waals surface area contributed by atoms with Crippen molar-refractivity contribution in [3.05, 3.63) is 29.3 Å². The normalized spacial score (nSPS) is 18.8. The molecule has 2 rings (SSSR count). The highest BCUT2D eigenvalue weighted by atomic mass is 35.5. The van der Waals surface area contributed by atoms with E-state index >= 15 is 0 Å². The van der Waals surface area contributed by atoms with E-state index in [4.69, 9.17) is 11.6 Å². The highest BCUT2D eigenvalue weighted by Gasteiger charge is 2.40. The molecule has 0 spiro atoms. The number of carbonyl (C=O) groups excluding carboxylic acids is 3. The first kappa shape index (κ1) is 19.5. The monoisotopic (exact) mass is 381 g/mol. The van der Waals surface area contributed by atoms with Gasteiger partial charge in [0.2, 0.25) is 5.91 Å². The van der Waals surface area contributed by atoms with Crippen molar-refractivity contribution in [3.63, 3.8) is 0 Å². The van der Waals surface area contributed by atoms with Crippen LogP contribution in [0.1, 0.15) is 20.8 Å². The first-order valence-electron chi connectivity index (χ1n) is 7.77. The Morgan fingerprint density at radius 1 is 1.24 bits per heavy atom. The zero-order chi connectivity index (χ0) is 18.6. The second-order valence-electron chi connectivity index (χ2n) is 6.44. The number of anilines is 1. The summed E-state index contributed by atoms with van der Waals surface area (Å²) in [6, 6.07) is 5.46. The Morgan fingerprint density at radius 2 is 1.88 bits per heavy atom. The number of halogens is 1. The Bertz CT molecular complexity index is 698. The van der Waals surface area contributed by atoms with E-state index in [0.29, 0.717) is 17.3 Å². The number of barbiturate groups is 1. The molecule has 0 bridgehead atoms. The van der Waals surface area contributed by atoms with Crippen LogP contribution in [0.5, 0.6) is 0 Å². The topological polar surface area (TPSA) is 78.8 Å². The Hall–Kier alpha value is -1.86. The molecule has 0 aromatic heterocycles. The minimum Gasteiger partial charge on any atom is -0.295 e. The quantitative estimate of drug-likeness (QED) is 0.482. The number of nitrogens with one attached hydrogen (secondary N) is 1. The maximum absolute atomic E-state index is 12.6. The molecule has 1 fully saturated rings. The number of nitrogens with zero attached hydrogens (tertiary/aromatic N) is 2. The molecule has 1 atom stereocenters. The number of carbonyl (C=O) groups is 3. The first-order valence-corrected chi connectivity index (χ1v) is 9.14. The van der Waals surface area contributed by atoms with E-state index in [-0.39, 0.29) is 4.75 Å². The fourth-order valence-electron chi connectivity index (χ4n) is 2.14. The average Bonchev–Trinajstić information content (AvgIpc) is 2.50. The van der Waals surface area contributed by atoms with Gasteiger partial charge in [-0.3, -0.25) is 19.9 Å². The van der Waals surface area contributed by atoms with Crippen molar-refractivity contribution in [2.75, 3.05) is 17.2 Å². The molecule has 8 heteroatoms. The zero-order valence-corrected chi connectivity index (χ0v) is 15.9. The molecule has 0 aliphatic carbocycles. The summed E-state index contributed by atoms with van der Waals surface area (Å²) in [5, 5.41) is 2.67. The highest BCUT2D eigenvalue weighted by molar-refractivity contribution is 8.00. The number of thioether (sulfide) groups is 1. The molecular weight excluding hydrogens is 362 g/mol. The van der Waals surface area contributed by atoms with Crippen LogP contribution in [-0.2, 0) is 9.59 Å². The highest BCUT2D eigenvalue weighted by Crippen LogP contribution is 2.23. The van der Waals surface area contributed by atoms with E-state index in [1.54, 1.807) is 36.0 Å². The maximum Gasteiger partial charge on any atom is 0.335 e. The van der Waals surface area contributed by atoms with Crippen LogP contribution in [0, 0.1) is 5.92 Å². The molecule has 1 aliphatic heterocycles. The molecule has 25 heavy (non-hydrogen) atoms. The van der Waals surface area contributed by atoms with Crippen LogP contribution in [0.4, 0.5) is 10.5 Å². The minimum atomic E-state index is -1.12. The Balaban J connectivity index is 2.08. The van der Waals surface area contributed by atoms with E-state index in [1.807, 2.05) is 0 Å². The summed E-state index contributed by atoms with van der Waals surface area (Å²) in [6.45, 7) is 6.81. The van der Waals surface area contributed by atoms with Gasteiger partial charge in [0.25, 0.3) is 5.91 Å². The second-order valence-corrected chi connectivity index (χ2v) is 8.80. The van der Waals surface area contributed by atoms with Crippen molar-refractivity contribution in [1.82, 2.24) is 5.32 Å². The molecule has 1 aromatic rings. The van der Waals surface area contributed by atoms with Gasteiger partial charge in [-0.2, -0.15) is 11.8 Å². The fraction of sp³-hybridized carbons (Fsp3) is 0.412. The summed E-state index contributed by atoms with van der Waals surface area (Å²) in [6.07, 6.45) is 1.32. The molecule has 1 aromatic carbocycles. The predicted molar refractivity (Wildman–Crippen MR) is 102 cm³/mol. The van der Waals surface area contributed by atoms with Gasteiger partial charge in [0.05, 0.1) is 5.69 Å². The van der Waals surface area contributed by atoms with Crippen molar-refractivity contribution in [3.8, 4) is 0 Å². The van der Waals surface area contributed by atoms with Crippen LogP contribution in [-0.4, -0.2) is 41.1 Å². The SMILES string of the molecule is CC(C)(C)SCCN=CC1C(=O)NC(=O)N(c2ccc(Cl)cc2)C1=O. The van der Waals surface area contributed by atoms with Crippen molar-refractivity contribution < 1.29 is 14.4 Å². The van der Waals surface area contributed by atoms with Gasteiger partial charge >= 0.3 is 6.03 Å². The third kappa shape index (κ3) is 5.31. The van der Waals surface area contributed by atoms with Crippen LogP contribution in [0.25, 0.3) is 0 Å². The summed E-state index contributed by atoms with van der Waals surface area (Å²) < 4.78 is 0.130. The zero-order valence-electron chi connectivity index (χ0n) is 14.3. The number of imide groups is 2. The molecule has 0 saturated carbocycles. The largest absolute Gasteiger partial charge is 0.335 e. The van der Waals surface area contributed by atoms with E-state index in [0.717, 1.165) is 10.7 Å². The first-order chi connectivity index (χ1) is 11.7. The van der Waals surface area contributed by atoms with Crippen molar-refractivity contribution in [2.45, 2.75) is 25.5 Å². The molecule has 1 unspecified atom stereocenters. The van der Waals surface area contributed by atoms with Crippen molar-refractivity contribution in [1.29, 1.82) is 0 Å². The molecule has 1 aliphatic rings. The number of aliphatic imine (C=N–C) groups is 1. The van der Waals surface area contributed by atoms with Crippen LogP contribution in [0.15, 0.2) is 29.3 Å². The summed E-state index contributed by atoms with van der Waals surface area (Å²) in [4.78, 5) is 41.7. The third-order valence-corrected chi connectivity index (χ3v) is 4.80. The molecule has 6 nitrogen and oxygen atoms in total. The van der Waals surface area contributed by atoms with Crippen LogP contribution in [0.2, 0.25) is 5.02 Å². The number of rotatable bonds is 5. The minimum absolute atomic E-state index is 0.130. The number of benzene rings is 1. The van der Waals surface area contributed by atoms with Gasteiger partial charge in [-0.25, -0.2) is 9.69 Å². The van der Waals surface area contributed by atoms with E-state index in [1.165, 1.54) is 6.21 Å². The molecule has 0 radical (unpaired) electrons. The number of hydrogen-bond acceptors (Lipinski definition) is 5. The summed E-state index contributed by atoms with van der Waals surface area (Å²) in [5.74, 6) is -1.62. The Labute approximate surface area is 156 Å². The van der Waals surface area contributed by atoms with Crippen LogP contribution < -0.4 is 10.2 Å². The van der Waals surface area contributed by atoms with E-state index in [9.17, 15) is 14.4 Å². The van der Waals surface area contributed by atoms with Gasteiger partial charge < -0.3 is 0 Å². The molecule has 1 heterocycles. The molecule has 134 valence electrons. The second kappa shape index (κ2) is 8.01. The van der Waals surface area contributed by atoms with E-state index < -0.39 is 23.8 Å². The Morgan fingerprint density at radius 3 is 2.48 bits per heavy atom. The number of hydrogen-bond donors (Lipinski definition) is 1. The molecule has 1 saturated heterocycles. The van der Waals surface area contributed by atoms with Crippen LogP contribution in [0.3, 0.4) is 0 Å². The molecule has 4 amide bonds. The lowest BCUT2D eigenvalue weighted by Gasteiger charge is -2.28. The number of urea groups is 1. The lowest BCUT2D eigenvalue weighted by Crippen LogP contribution is -2.58. The van der Waals surface area contributed by atoms with Gasteiger partial charge in [-0.05, 0) is 24.3 Å². The van der Waals surface area contributed by atoms with E-state index in [2.05, 4.69) is 31.1 Å². The predicted octanol–water partition coefficient (Wildman–Crippen LogP) is 3.14. The van der Waals surface area contributed by atoms with Gasteiger partial charge in [-0.15, -0.1) is 0 Å². The summed E-state index contributed by atoms with van der Waals surface area (Å²) in [5.41, 5.74) is 0.348.